The van der Waals surface area contributed by atoms with Crippen molar-refractivity contribution in [2.24, 2.45) is 4.99 Å². The van der Waals surface area contributed by atoms with E-state index < -0.39 is 0 Å². The first-order valence-corrected chi connectivity index (χ1v) is 12.4. The van der Waals surface area contributed by atoms with Gasteiger partial charge in [0.05, 0.1) is 13.0 Å². The third-order valence-electron chi connectivity index (χ3n) is 5.61. The molecule has 0 spiro atoms. The van der Waals surface area contributed by atoms with Crippen molar-refractivity contribution in [2.45, 2.75) is 13.0 Å². The van der Waals surface area contributed by atoms with E-state index in [9.17, 15) is 10.1 Å². The van der Waals surface area contributed by atoms with E-state index in [0.29, 0.717) is 39.6 Å². The number of nitriles is 1. The Morgan fingerprint density at radius 2 is 1.80 bits per heavy atom. The zero-order valence-corrected chi connectivity index (χ0v) is 21.7. The van der Waals surface area contributed by atoms with Crippen LogP contribution in [0.2, 0.25) is 5.02 Å². The van der Waals surface area contributed by atoms with Gasteiger partial charge in [0.1, 0.15) is 17.8 Å². The van der Waals surface area contributed by atoms with Gasteiger partial charge in [0.15, 0.2) is 0 Å². The topological polar surface area (TPSA) is 128 Å². The van der Waals surface area contributed by atoms with Crippen molar-refractivity contribution < 1.29 is 14.0 Å². The second-order valence-electron chi connectivity index (χ2n) is 8.41. The third kappa shape index (κ3) is 6.72. The zero-order valence-electron chi connectivity index (χ0n) is 20.9. The van der Waals surface area contributed by atoms with Crippen LogP contribution < -0.4 is 20.3 Å². The average Bonchev–Trinajstić information content (AvgIpc) is 3.48. The standard InChI is InChI=1S/C29H21ClN6O4/c30-22-8-6-20(7-9-22)18-36-28(37)21(16-27(33-19-31)40-24-4-2-1-3-5-24)17-32-29(36)34-23-10-12-25(13-11-23)39-26-14-15-38-35-26/h1-15,17H,16,18H2,(H,32,34). The fourth-order valence-corrected chi connectivity index (χ4v) is 3.85. The van der Waals surface area contributed by atoms with E-state index in [1.165, 1.54) is 17.0 Å². The van der Waals surface area contributed by atoms with Crippen LogP contribution in [-0.2, 0) is 13.0 Å². The highest BCUT2D eigenvalue weighted by Gasteiger charge is 2.15. The number of rotatable bonds is 9. The van der Waals surface area contributed by atoms with Gasteiger partial charge in [-0.25, -0.2) is 4.98 Å². The molecule has 0 unspecified atom stereocenters. The molecule has 11 heteroatoms. The van der Waals surface area contributed by atoms with Crippen molar-refractivity contribution in [2.75, 3.05) is 5.32 Å². The molecule has 5 rings (SSSR count). The first-order valence-electron chi connectivity index (χ1n) is 12.0. The minimum absolute atomic E-state index is 0.0245. The molecular weight excluding hydrogens is 532 g/mol. The van der Waals surface area contributed by atoms with Gasteiger partial charge in [-0.05, 0) is 59.3 Å². The smallest absolute Gasteiger partial charge is 0.259 e. The molecule has 2 heterocycles. The maximum absolute atomic E-state index is 13.7. The molecule has 0 atom stereocenters. The molecule has 0 amide bonds. The number of hydrogen-bond acceptors (Lipinski definition) is 9. The molecule has 10 nitrogen and oxygen atoms in total. The summed E-state index contributed by atoms with van der Waals surface area (Å²) >= 11 is 6.05. The molecule has 0 saturated heterocycles. The van der Waals surface area contributed by atoms with Gasteiger partial charge in [-0.3, -0.25) is 9.36 Å². The Labute approximate surface area is 233 Å². The number of halogens is 1. The van der Waals surface area contributed by atoms with E-state index in [-0.39, 0.29) is 24.4 Å². The minimum Gasteiger partial charge on any atom is -0.442 e. The highest BCUT2D eigenvalue weighted by molar-refractivity contribution is 6.30. The minimum atomic E-state index is -0.319. The number of anilines is 2. The Morgan fingerprint density at radius 1 is 1.02 bits per heavy atom. The van der Waals surface area contributed by atoms with E-state index in [0.717, 1.165) is 5.56 Å². The van der Waals surface area contributed by atoms with Crippen LogP contribution in [0, 0.1) is 11.5 Å². The summed E-state index contributed by atoms with van der Waals surface area (Å²) in [5, 5.41) is 16.7. The van der Waals surface area contributed by atoms with Gasteiger partial charge >= 0.3 is 0 Å². The molecule has 2 aromatic heterocycles. The lowest BCUT2D eigenvalue weighted by Crippen LogP contribution is -2.29. The zero-order chi connectivity index (χ0) is 27.7. The number of para-hydroxylation sites is 1. The number of ether oxygens (including phenoxy) is 2. The molecule has 40 heavy (non-hydrogen) atoms. The lowest BCUT2D eigenvalue weighted by molar-refractivity contribution is 0.367. The molecule has 3 aromatic carbocycles. The number of aliphatic imine (C=N–C) groups is 1. The number of benzene rings is 3. The normalized spacial score (nSPS) is 11.1. The third-order valence-corrected chi connectivity index (χ3v) is 5.87. The van der Waals surface area contributed by atoms with Gasteiger partial charge in [-0.2, -0.15) is 5.26 Å². The van der Waals surface area contributed by atoms with Gasteiger partial charge in [0, 0.05) is 28.5 Å². The molecule has 0 aliphatic heterocycles. The Morgan fingerprint density at radius 3 is 2.50 bits per heavy atom. The molecule has 0 aliphatic rings. The summed E-state index contributed by atoms with van der Waals surface area (Å²) in [5.74, 6) is 1.79. The van der Waals surface area contributed by atoms with Gasteiger partial charge in [0.2, 0.25) is 18.0 Å². The summed E-state index contributed by atoms with van der Waals surface area (Å²) in [5.41, 5.74) is 1.51. The van der Waals surface area contributed by atoms with Crippen LogP contribution in [0.4, 0.5) is 11.6 Å². The van der Waals surface area contributed by atoms with Crippen molar-refractivity contribution in [1.82, 2.24) is 14.7 Å². The Hall–Kier alpha value is -5.40. The van der Waals surface area contributed by atoms with Crippen molar-refractivity contribution in [3.8, 4) is 23.6 Å². The van der Waals surface area contributed by atoms with Crippen molar-refractivity contribution in [1.29, 1.82) is 5.26 Å². The summed E-state index contributed by atoms with van der Waals surface area (Å²) in [7, 11) is 0. The molecule has 0 aliphatic carbocycles. The molecular formula is C29H21ClN6O4. The molecule has 0 saturated carbocycles. The average molecular weight is 553 g/mol. The highest BCUT2D eigenvalue weighted by atomic mass is 35.5. The maximum atomic E-state index is 13.7. The fourth-order valence-electron chi connectivity index (χ4n) is 3.73. The highest BCUT2D eigenvalue weighted by Crippen LogP contribution is 2.23. The summed E-state index contributed by atoms with van der Waals surface area (Å²) < 4.78 is 17.7. The number of nitrogens with zero attached hydrogens (tertiary/aromatic N) is 5. The van der Waals surface area contributed by atoms with E-state index >= 15 is 0 Å². The van der Waals surface area contributed by atoms with Crippen LogP contribution in [-0.4, -0.2) is 20.6 Å². The SMILES string of the molecule is N#CN=C(Cc1cnc(Nc2ccc(Oc3ccon3)cc2)n(Cc2ccc(Cl)cc2)c1=O)Oc1ccccc1. The summed E-state index contributed by atoms with van der Waals surface area (Å²) in [6, 6.07) is 24.8. The van der Waals surface area contributed by atoms with E-state index in [4.69, 9.17) is 25.6 Å². The molecule has 5 aromatic rings. The Balaban J connectivity index is 1.43. The number of hydrogen-bond donors (Lipinski definition) is 1. The summed E-state index contributed by atoms with van der Waals surface area (Å²) in [6.07, 6.45) is 4.59. The predicted octanol–water partition coefficient (Wildman–Crippen LogP) is 5.97. The van der Waals surface area contributed by atoms with Crippen molar-refractivity contribution in [3.63, 3.8) is 0 Å². The summed E-state index contributed by atoms with van der Waals surface area (Å²) in [4.78, 5) is 22.0. The monoisotopic (exact) mass is 552 g/mol. The second-order valence-corrected chi connectivity index (χ2v) is 8.85. The van der Waals surface area contributed by atoms with Crippen LogP contribution in [0.5, 0.6) is 17.4 Å². The van der Waals surface area contributed by atoms with Gasteiger partial charge in [0.25, 0.3) is 11.4 Å². The van der Waals surface area contributed by atoms with E-state index in [2.05, 4.69) is 20.4 Å². The molecule has 0 bridgehead atoms. The van der Waals surface area contributed by atoms with Crippen LogP contribution >= 0.6 is 11.6 Å². The van der Waals surface area contributed by atoms with E-state index in [1.807, 2.05) is 18.2 Å². The van der Waals surface area contributed by atoms with Gasteiger partial charge in [-0.15, -0.1) is 4.99 Å². The van der Waals surface area contributed by atoms with Crippen molar-refractivity contribution >= 4 is 29.1 Å². The van der Waals surface area contributed by atoms with Crippen LogP contribution in [0.15, 0.2) is 112 Å². The first-order chi connectivity index (χ1) is 19.6. The maximum Gasteiger partial charge on any atom is 0.259 e. The Bertz CT molecular complexity index is 1700. The van der Waals surface area contributed by atoms with Crippen LogP contribution in [0.3, 0.4) is 0 Å². The van der Waals surface area contributed by atoms with Gasteiger partial charge < -0.3 is 19.3 Å². The number of nitrogens with one attached hydrogen (secondary N) is 1. The largest absolute Gasteiger partial charge is 0.442 e. The van der Waals surface area contributed by atoms with Crippen molar-refractivity contribution in [3.05, 3.63) is 124 Å². The quantitative estimate of drug-likeness (QED) is 0.134. The first kappa shape index (κ1) is 26.2. The summed E-state index contributed by atoms with van der Waals surface area (Å²) in [6.45, 7) is 0.219. The molecule has 198 valence electrons. The predicted molar refractivity (Wildman–Crippen MR) is 149 cm³/mol. The molecule has 0 fully saturated rings. The van der Waals surface area contributed by atoms with Crippen LogP contribution in [0.1, 0.15) is 11.1 Å². The lowest BCUT2D eigenvalue weighted by Gasteiger charge is -2.16. The number of aromatic nitrogens is 3. The second kappa shape index (κ2) is 12.4. The molecule has 0 radical (unpaired) electrons. The lowest BCUT2D eigenvalue weighted by atomic mass is 10.2. The van der Waals surface area contributed by atoms with Gasteiger partial charge in [-0.1, -0.05) is 41.9 Å². The Kier molecular flexibility index (Phi) is 8.15. The fraction of sp³-hybridized carbons (Fsp3) is 0.0690. The molecule has 1 N–H and O–H groups in total. The van der Waals surface area contributed by atoms with E-state index in [1.54, 1.807) is 72.9 Å². The van der Waals surface area contributed by atoms with Crippen LogP contribution in [0.25, 0.3) is 0 Å².